The van der Waals surface area contributed by atoms with Crippen molar-refractivity contribution in [3.8, 4) is 11.8 Å². The van der Waals surface area contributed by atoms with Crippen LogP contribution >= 0.6 is 0 Å². The van der Waals surface area contributed by atoms with Gasteiger partial charge in [-0.25, -0.2) is 4.98 Å². The van der Waals surface area contributed by atoms with Crippen molar-refractivity contribution in [1.29, 1.82) is 0 Å². The Morgan fingerprint density at radius 2 is 1.73 bits per heavy atom. The molecule has 4 rings (SSSR count). The van der Waals surface area contributed by atoms with E-state index in [1.807, 2.05) is 18.2 Å². The molecule has 3 amide bonds. The molecule has 2 atom stereocenters. The lowest BCUT2D eigenvalue weighted by atomic mass is 10.1. The summed E-state index contributed by atoms with van der Waals surface area (Å²) in [6.07, 6.45) is 5.00. The van der Waals surface area contributed by atoms with Gasteiger partial charge in [0.25, 0.3) is 0 Å². The van der Waals surface area contributed by atoms with Gasteiger partial charge in [0, 0.05) is 36.5 Å². The van der Waals surface area contributed by atoms with E-state index in [2.05, 4.69) is 32.8 Å². The lowest BCUT2D eigenvalue weighted by Gasteiger charge is -2.22. The first kappa shape index (κ1) is 22.5. The summed E-state index contributed by atoms with van der Waals surface area (Å²) in [5, 5.41) is 8.86. The Morgan fingerprint density at radius 3 is 2.39 bits per heavy atom. The quantitative estimate of drug-likeness (QED) is 0.626. The highest BCUT2D eigenvalue weighted by Gasteiger charge is 2.32. The molecule has 1 aromatic heterocycles. The van der Waals surface area contributed by atoms with Gasteiger partial charge in [0.15, 0.2) is 0 Å². The van der Waals surface area contributed by atoms with Crippen molar-refractivity contribution in [1.82, 2.24) is 15.2 Å². The van der Waals surface area contributed by atoms with Crippen LogP contribution in [-0.4, -0.2) is 52.8 Å². The van der Waals surface area contributed by atoms with E-state index in [1.165, 1.54) is 6.92 Å². The van der Waals surface area contributed by atoms with Crippen molar-refractivity contribution in [3.05, 3.63) is 53.7 Å². The summed E-state index contributed by atoms with van der Waals surface area (Å²) in [6.45, 7) is 2.99. The van der Waals surface area contributed by atoms with Gasteiger partial charge in [-0.2, -0.15) is 0 Å². The minimum Gasteiger partial charge on any atom is -0.331 e. The number of amides is 3. The Morgan fingerprint density at radius 1 is 0.970 bits per heavy atom. The SMILES string of the molecule is CC(=O)N1CCC[C@H]1C(=O)Nc1ccc(C#Cc2ccc(NC(=O)[C@@H]3CCCN3)nc2)cc1. The number of aromatic nitrogens is 1. The number of hydrogen-bond donors (Lipinski definition) is 3. The molecule has 0 radical (unpaired) electrons. The Kier molecular flexibility index (Phi) is 7.01. The number of pyridine rings is 1. The van der Waals surface area contributed by atoms with Crippen molar-refractivity contribution < 1.29 is 14.4 Å². The highest BCUT2D eigenvalue weighted by molar-refractivity contribution is 5.97. The van der Waals surface area contributed by atoms with Crippen molar-refractivity contribution in [3.63, 3.8) is 0 Å². The van der Waals surface area contributed by atoms with Gasteiger partial charge >= 0.3 is 0 Å². The number of nitrogens with one attached hydrogen (secondary N) is 3. The molecule has 0 bridgehead atoms. The molecule has 8 heteroatoms. The molecule has 2 fully saturated rings. The average molecular weight is 446 g/mol. The van der Waals surface area contributed by atoms with Crippen molar-refractivity contribution in [2.24, 2.45) is 0 Å². The van der Waals surface area contributed by atoms with Gasteiger partial charge in [0.05, 0.1) is 6.04 Å². The summed E-state index contributed by atoms with van der Waals surface area (Å²) in [6, 6.07) is 10.2. The maximum atomic E-state index is 12.5. The van der Waals surface area contributed by atoms with Crippen molar-refractivity contribution in [2.75, 3.05) is 23.7 Å². The number of benzene rings is 1. The highest BCUT2D eigenvalue weighted by Crippen LogP contribution is 2.19. The second-order valence-electron chi connectivity index (χ2n) is 8.26. The molecule has 2 aromatic rings. The second-order valence-corrected chi connectivity index (χ2v) is 8.26. The Hall–Kier alpha value is -3.70. The number of nitrogens with zero attached hydrogens (tertiary/aromatic N) is 2. The van der Waals surface area contributed by atoms with E-state index in [1.54, 1.807) is 29.3 Å². The third kappa shape index (κ3) is 5.76. The van der Waals surface area contributed by atoms with Gasteiger partial charge in [0.1, 0.15) is 11.9 Å². The lowest BCUT2D eigenvalue weighted by molar-refractivity contribution is -0.134. The normalized spacial score (nSPS) is 19.5. The summed E-state index contributed by atoms with van der Waals surface area (Å²) in [4.78, 5) is 42.2. The predicted molar refractivity (Wildman–Crippen MR) is 125 cm³/mol. The first-order valence-electron chi connectivity index (χ1n) is 11.2. The van der Waals surface area contributed by atoms with E-state index in [9.17, 15) is 14.4 Å². The molecule has 33 heavy (non-hydrogen) atoms. The van der Waals surface area contributed by atoms with E-state index in [0.717, 1.165) is 36.9 Å². The van der Waals surface area contributed by atoms with Crippen LogP contribution in [0.1, 0.15) is 43.7 Å². The first-order chi connectivity index (χ1) is 16.0. The van der Waals surface area contributed by atoms with Gasteiger partial charge in [-0.1, -0.05) is 11.8 Å². The van der Waals surface area contributed by atoms with Gasteiger partial charge in [-0.15, -0.1) is 0 Å². The molecule has 3 N–H and O–H groups in total. The summed E-state index contributed by atoms with van der Waals surface area (Å²) < 4.78 is 0. The fourth-order valence-corrected chi connectivity index (χ4v) is 4.09. The average Bonchev–Trinajstić information content (AvgIpc) is 3.52. The third-order valence-corrected chi connectivity index (χ3v) is 5.86. The largest absolute Gasteiger partial charge is 0.331 e. The maximum absolute atomic E-state index is 12.5. The van der Waals surface area contributed by atoms with Crippen LogP contribution in [0.15, 0.2) is 42.6 Å². The summed E-state index contributed by atoms with van der Waals surface area (Å²) in [5.74, 6) is 6.33. The third-order valence-electron chi connectivity index (χ3n) is 5.86. The number of likely N-dealkylation sites (tertiary alicyclic amines) is 1. The molecule has 170 valence electrons. The smallest absolute Gasteiger partial charge is 0.247 e. The molecule has 2 aliphatic heterocycles. The zero-order valence-electron chi connectivity index (χ0n) is 18.6. The van der Waals surface area contributed by atoms with Crippen LogP contribution < -0.4 is 16.0 Å². The highest BCUT2D eigenvalue weighted by atomic mass is 16.2. The minimum atomic E-state index is -0.406. The Bertz CT molecular complexity index is 1080. The van der Waals surface area contributed by atoms with E-state index in [0.29, 0.717) is 24.5 Å². The number of anilines is 2. The van der Waals surface area contributed by atoms with Crippen LogP contribution in [0.4, 0.5) is 11.5 Å². The Labute approximate surface area is 193 Å². The van der Waals surface area contributed by atoms with Crippen LogP contribution in [-0.2, 0) is 14.4 Å². The topological polar surface area (TPSA) is 103 Å². The van der Waals surface area contributed by atoms with Crippen LogP contribution in [0.25, 0.3) is 0 Å². The number of rotatable bonds is 4. The molecule has 2 saturated heterocycles. The van der Waals surface area contributed by atoms with E-state index >= 15 is 0 Å². The monoisotopic (exact) mass is 445 g/mol. The van der Waals surface area contributed by atoms with Crippen LogP contribution in [0.2, 0.25) is 0 Å². The summed E-state index contributed by atoms with van der Waals surface area (Å²) in [5.41, 5.74) is 2.19. The molecule has 3 heterocycles. The van der Waals surface area contributed by atoms with Gasteiger partial charge in [-0.05, 0) is 68.6 Å². The van der Waals surface area contributed by atoms with Crippen LogP contribution in [0.5, 0.6) is 0 Å². The molecule has 0 aliphatic carbocycles. The zero-order valence-corrected chi connectivity index (χ0v) is 18.6. The molecule has 0 unspecified atom stereocenters. The summed E-state index contributed by atoms with van der Waals surface area (Å²) in [7, 11) is 0. The molecule has 8 nitrogen and oxygen atoms in total. The molecule has 2 aliphatic rings. The number of carbonyl (C=O) groups excluding carboxylic acids is 3. The van der Waals surface area contributed by atoms with Crippen LogP contribution in [0.3, 0.4) is 0 Å². The molecule has 1 aromatic carbocycles. The van der Waals surface area contributed by atoms with Gasteiger partial charge < -0.3 is 20.9 Å². The maximum Gasteiger partial charge on any atom is 0.247 e. The predicted octanol–water partition coefficient (Wildman–Crippen LogP) is 2.12. The lowest BCUT2D eigenvalue weighted by Crippen LogP contribution is -2.42. The Balaban J connectivity index is 1.32. The van der Waals surface area contributed by atoms with Gasteiger partial charge in [0.2, 0.25) is 17.7 Å². The molecular weight excluding hydrogens is 418 g/mol. The fourth-order valence-electron chi connectivity index (χ4n) is 4.09. The fraction of sp³-hybridized carbons (Fsp3) is 0.360. The van der Waals surface area contributed by atoms with E-state index < -0.39 is 6.04 Å². The molecule has 0 saturated carbocycles. The van der Waals surface area contributed by atoms with Crippen molar-refractivity contribution >= 4 is 29.2 Å². The van der Waals surface area contributed by atoms with Gasteiger partial charge in [-0.3, -0.25) is 14.4 Å². The van der Waals surface area contributed by atoms with Crippen molar-refractivity contribution in [2.45, 2.75) is 44.7 Å². The molecule has 0 spiro atoms. The zero-order chi connectivity index (χ0) is 23.2. The number of carbonyl (C=O) groups is 3. The standard InChI is InChI=1S/C25H27N5O3/c1-17(31)30-15-3-5-22(30)25(33)28-20-11-8-18(9-12-20)6-7-19-10-13-23(27-16-19)29-24(32)21-4-2-14-26-21/h8-13,16,21-22,26H,2-5,14-15H2,1H3,(H,28,33)(H,27,29,32)/t21-,22-/m0/s1. The van der Waals surface area contributed by atoms with E-state index in [-0.39, 0.29) is 23.8 Å². The number of hydrogen-bond acceptors (Lipinski definition) is 5. The second kappa shape index (κ2) is 10.3. The summed E-state index contributed by atoms with van der Waals surface area (Å²) >= 11 is 0. The van der Waals surface area contributed by atoms with E-state index in [4.69, 9.17) is 0 Å². The minimum absolute atomic E-state index is 0.0621. The first-order valence-corrected chi connectivity index (χ1v) is 11.2. The van der Waals surface area contributed by atoms with Crippen LogP contribution in [0, 0.1) is 11.8 Å². The molecular formula is C25H27N5O3.